The van der Waals surface area contributed by atoms with Gasteiger partial charge in [-0.3, -0.25) is 14.5 Å². The van der Waals surface area contributed by atoms with Gasteiger partial charge in [-0.15, -0.1) is 0 Å². The Morgan fingerprint density at radius 3 is 2.68 bits per heavy atom. The molecule has 10 heteroatoms. The standard InChI is InChI=1S/C24H32N4O5S/c1-3-26(4-2)34(31,32)19-10-11-20-22(16-19)28(24(30)21-9-5-6-14-27(20)21)17-23(29)25-13-12-18-8-7-15-33-18/h7-8,10-11,15-16,21H,3-6,9,12-14,17H2,1-2H3,(H,25,29). The number of nitrogens with zero attached hydrogens (tertiary/aromatic N) is 3. The van der Waals surface area contributed by atoms with E-state index in [0.29, 0.717) is 38.2 Å². The first kappa shape index (κ1) is 24.3. The van der Waals surface area contributed by atoms with E-state index >= 15 is 0 Å². The zero-order valence-corrected chi connectivity index (χ0v) is 20.5. The molecule has 1 atom stereocenters. The Labute approximate surface area is 200 Å². The van der Waals surface area contributed by atoms with E-state index in [1.807, 2.05) is 6.07 Å². The highest BCUT2D eigenvalue weighted by Gasteiger charge is 2.40. The molecule has 2 aliphatic heterocycles. The largest absolute Gasteiger partial charge is 0.469 e. The summed E-state index contributed by atoms with van der Waals surface area (Å²) in [6, 6.07) is 8.23. The first-order chi connectivity index (χ1) is 16.4. The van der Waals surface area contributed by atoms with E-state index in [-0.39, 0.29) is 29.3 Å². The van der Waals surface area contributed by atoms with E-state index in [4.69, 9.17) is 4.42 Å². The highest BCUT2D eigenvalue weighted by Crippen LogP contribution is 2.40. The Morgan fingerprint density at radius 2 is 1.97 bits per heavy atom. The monoisotopic (exact) mass is 488 g/mol. The maximum atomic E-state index is 13.5. The van der Waals surface area contributed by atoms with Gasteiger partial charge in [-0.25, -0.2) is 8.42 Å². The number of nitrogens with one attached hydrogen (secondary N) is 1. The Hall–Kier alpha value is -2.85. The summed E-state index contributed by atoms with van der Waals surface area (Å²) in [6.45, 7) is 5.24. The SMILES string of the molecule is CCN(CC)S(=O)(=O)c1ccc2c(c1)N(CC(=O)NCCc1ccco1)C(=O)C1CCCCN21. The molecule has 34 heavy (non-hydrogen) atoms. The van der Waals surface area contributed by atoms with Gasteiger partial charge in [0, 0.05) is 32.6 Å². The van der Waals surface area contributed by atoms with Gasteiger partial charge in [-0.1, -0.05) is 13.8 Å². The van der Waals surface area contributed by atoms with Gasteiger partial charge in [0.25, 0.3) is 0 Å². The van der Waals surface area contributed by atoms with Crippen LogP contribution in [0.25, 0.3) is 0 Å². The van der Waals surface area contributed by atoms with Crippen molar-refractivity contribution in [2.24, 2.45) is 0 Å². The molecule has 0 saturated carbocycles. The van der Waals surface area contributed by atoms with Gasteiger partial charge in [-0.2, -0.15) is 4.31 Å². The maximum Gasteiger partial charge on any atom is 0.250 e. The quantitative estimate of drug-likeness (QED) is 0.581. The number of anilines is 2. The fraction of sp³-hybridized carbons (Fsp3) is 0.500. The van der Waals surface area contributed by atoms with Crippen molar-refractivity contribution >= 4 is 33.2 Å². The molecule has 2 aliphatic rings. The molecular weight excluding hydrogens is 456 g/mol. The Morgan fingerprint density at radius 1 is 1.18 bits per heavy atom. The highest BCUT2D eigenvalue weighted by atomic mass is 32.2. The molecule has 3 heterocycles. The smallest absolute Gasteiger partial charge is 0.250 e. The molecule has 0 aliphatic carbocycles. The van der Waals surface area contributed by atoms with E-state index < -0.39 is 10.0 Å². The predicted molar refractivity (Wildman–Crippen MR) is 129 cm³/mol. The van der Waals surface area contributed by atoms with Crippen molar-refractivity contribution in [2.45, 2.75) is 50.5 Å². The van der Waals surface area contributed by atoms with Gasteiger partial charge in [0.15, 0.2) is 0 Å². The molecule has 9 nitrogen and oxygen atoms in total. The average molecular weight is 489 g/mol. The molecule has 1 aromatic carbocycles. The minimum Gasteiger partial charge on any atom is -0.469 e. The van der Waals surface area contributed by atoms with Crippen molar-refractivity contribution in [1.29, 1.82) is 0 Å². The molecule has 1 unspecified atom stereocenters. The Balaban J connectivity index is 1.62. The second-order valence-corrected chi connectivity index (χ2v) is 10.5. The number of hydrogen-bond acceptors (Lipinski definition) is 6. The predicted octanol–water partition coefficient (Wildman–Crippen LogP) is 2.37. The molecule has 0 radical (unpaired) electrons. The zero-order valence-electron chi connectivity index (χ0n) is 19.7. The Kier molecular flexibility index (Phi) is 7.27. The third-order valence-electron chi connectivity index (χ3n) is 6.52. The van der Waals surface area contributed by atoms with Gasteiger partial charge in [0.2, 0.25) is 21.8 Å². The minimum atomic E-state index is -3.71. The van der Waals surface area contributed by atoms with E-state index in [9.17, 15) is 18.0 Å². The summed E-state index contributed by atoms with van der Waals surface area (Å²) in [7, 11) is -3.71. The molecule has 184 valence electrons. The molecular formula is C24H32N4O5S. The van der Waals surface area contributed by atoms with Crippen molar-refractivity contribution in [3.63, 3.8) is 0 Å². The van der Waals surface area contributed by atoms with Crippen LogP contribution in [0.2, 0.25) is 0 Å². The molecule has 0 bridgehead atoms. The third-order valence-corrected chi connectivity index (χ3v) is 8.57. The number of carbonyl (C=O) groups is 2. The number of sulfonamides is 1. The second kappa shape index (κ2) is 10.2. The average Bonchev–Trinajstić information content (AvgIpc) is 3.35. The normalized spacial score (nSPS) is 18.1. The topological polar surface area (TPSA) is 103 Å². The number of rotatable bonds is 9. The summed E-state index contributed by atoms with van der Waals surface area (Å²) < 4.78 is 33.0. The molecule has 2 amide bonds. The summed E-state index contributed by atoms with van der Waals surface area (Å²) in [4.78, 5) is 29.8. The van der Waals surface area contributed by atoms with Crippen LogP contribution in [0.1, 0.15) is 38.9 Å². The minimum absolute atomic E-state index is 0.126. The third kappa shape index (κ3) is 4.69. The second-order valence-electron chi connectivity index (χ2n) is 8.55. The number of benzene rings is 1. The zero-order chi connectivity index (χ0) is 24.3. The van der Waals surface area contributed by atoms with Crippen molar-refractivity contribution in [2.75, 3.05) is 42.5 Å². The van der Waals surface area contributed by atoms with E-state index in [1.54, 1.807) is 44.4 Å². The first-order valence-electron chi connectivity index (χ1n) is 11.9. The number of hydrogen-bond donors (Lipinski definition) is 1. The van der Waals surface area contributed by atoms with E-state index in [1.165, 1.54) is 9.21 Å². The van der Waals surface area contributed by atoms with Gasteiger partial charge in [-0.05, 0) is 49.6 Å². The molecule has 1 saturated heterocycles. The number of furan rings is 1. The molecule has 4 rings (SSSR count). The van der Waals surface area contributed by atoms with Crippen molar-refractivity contribution in [3.8, 4) is 0 Å². The van der Waals surface area contributed by atoms with Crippen LogP contribution in [-0.2, 0) is 26.0 Å². The highest BCUT2D eigenvalue weighted by molar-refractivity contribution is 7.89. The number of carbonyl (C=O) groups excluding carboxylic acids is 2. The van der Waals surface area contributed by atoms with Crippen LogP contribution in [0.5, 0.6) is 0 Å². The number of amides is 2. The van der Waals surface area contributed by atoms with Crippen LogP contribution in [0.15, 0.2) is 45.9 Å². The van der Waals surface area contributed by atoms with E-state index in [0.717, 1.165) is 30.8 Å². The molecule has 2 aromatic rings. The fourth-order valence-corrected chi connectivity index (χ4v) is 6.23. The number of piperidine rings is 1. The lowest BCUT2D eigenvalue weighted by Crippen LogP contribution is -2.57. The lowest BCUT2D eigenvalue weighted by Gasteiger charge is -2.45. The molecule has 1 N–H and O–H groups in total. The Bertz CT molecular complexity index is 1130. The fourth-order valence-electron chi connectivity index (χ4n) is 4.75. The summed E-state index contributed by atoms with van der Waals surface area (Å²) in [5.41, 5.74) is 1.27. The summed E-state index contributed by atoms with van der Waals surface area (Å²) in [6.07, 6.45) is 4.76. The van der Waals surface area contributed by atoms with E-state index in [2.05, 4.69) is 10.2 Å². The van der Waals surface area contributed by atoms with Crippen molar-refractivity contribution in [3.05, 3.63) is 42.4 Å². The van der Waals surface area contributed by atoms with Gasteiger partial charge >= 0.3 is 0 Å². The number of fused-ring (bicyclic) bond motifs is 3. The lowest BCUT2D eigenvalue weighted by molar-refractivity contribution is -0.125. The maximum absolute atomic E-state index is 13.5. The summed E-state index contributed by atoms with van der Waals surface area (Å²) in [5, 5.41) is 2.84. The van der Waals surface area contributed by atoms with Crippen molar-refractivity contribution in [1.82, 2.24) is 9.62 Å². The molecule has 1 aromatic heterocycles. The molecule has 0 spiro atoms. The van der Waals surface area contributed by atoms with Crippen LogP contribution >= 0.6 is 0 Å². The van der Waals surface area contributed by atoms with Gasteiger partial charge in [0.05, 0.1) is 22.5 Å². The van der Waals surface area contributed by atoms with Gasteiger partial charge < -0.3 is 14.6 Å². The van der Waals surface area contributed by atoms with Crippen LogP contribution in [0, 0.1) is 0 Å². The van der Waals surface area contributed by atoms with Crippen LogP contribution in [0.3, 0.4) is 0 Å². The van der Waals surface area contributed by atoms with Crippen LogP contribution in [-0.4, -0.2) is 63.3 Å². The van der Waals surface area contributed by atoms with Gasteiger partial charge in [0.1, 0.15) is 18.3 Å². The first-order valence-corrected chi connectivity index (χ1v) is 13.3. The van der Waals surface area contributed by atoms with Crippen LogP contribution in [0.4, 0.5) is 11.4 Å². The summed E-state index contributed by atoms with van der Waals surface area (Å²) >= 11 is 0. The van der Waals surface area contributed by atoms with Crippen LogP contribution < -0.4 is 15.1 Å². The van der Waals surface area contributed by atoms with Crippen molar-refractivity contribution < 1.29 is 22.4 Å². The molecule has 1 fully saturated rings. The lowest BCUT2D eigenvalue weighted by atomic mass is 9.96. The summed E-state index contributed by atoms with van der Waals surface area (Å²) in [5.74, 6) is 0.307.